The van der Waals surface area contributed by atoms with Crippen LogP contribution >= 0.6 is 0 Å². The Bertz CT molecular complexity index is 959. The molecule has 0 radical (unpaired) electrons. The van der Waals surface area contributed by atoms with E-state index in [0.29, 0.717) is 12.8 Å². The van der Waals surface area contributed by atoms with Crippen molar-refractivity contribution in [1.29, 1.82) is 0 Å². The average molecular weight is 421 g/mol. The minimum atomic E-state index is -1.89. The van der Waals surface area contributed by atoms with Crippen LogP contribution in [0.15, 0.2) is 23.3 Å². The number of aromatic nitrogens is 2. The lowest BCUT2D eigenvalue weighted by Gasteiger charge is -2.25. The molecule has 6 N–H and O–H groups in total. The number of ketones is 1. The second-order valence-corrected chi connectivity index (χ2v) is 7.10. The number of unbranched alkanes of at least 4 members (excludes halogenated alkanes) is 1. The van der Waals surface area contributed by atoms with Gasteiger partial charge in [0.25, 0.3) is 0 Å². The average Bonchev–Trinajstić information content (AvgIpc) is 2.73. The summed E-state index contributed by atoms with van der Waals surface area (Å²) in [7, 11) is 0. The zero-order valence-corrected chi connectivity index (χ0v) is 16.8. The number of aliphatic hydroxyl groups excluding tert-OH is 4. The molecule has 0 aliphatic carbocycles. The number of carbonyl (C=O) groups excluding carboxylic acids is 2. The molecule has 2 rings (SSSR count). The number of hydrogen-bond acceptors (Lipinski definition) is 8. The van der Waals surface area contributed by atoms with E-state index in [1.807, 2.05) is 6.92 Å². The summed E-state index contributed by atoms with van der Waals surface area (Å²) in [6.45, 7) is 2.34. The second-order valence-electron chi connectivity index (χ2n) is 7.10. The van der Waals surface area contributed by atoms with Gasteiger partial charge in [0.15, 0.2) is 5.43 Å². The third kappa shape index (κ3) is 5.08. The van der Waals surface area contributed by atoms with Gasteiger partial charge in [-0.2, -0.15) is 0 Å². The number of nitrogens with zero attached hydrogens (tertiary/aromatic N) is 1. The molecule has 164 valence electrons. The van der Waals surface area contributed by atoms with E-state index in [1.54, 1.807) is 0 Å². The highest BCUT2D eigenvalue weighted by atomic mass is 16.4. The summed E-state index contributed by atoms with van der Waals surface area (Å²) >= 11 is 0. The van der Waals surface area contributed by atoms with Crippen LogP contribution in [0.1, 0.15) is 55.3 Å². The Morgan fingerprint density at radius 3 is 2.57 bits per heavy atom. The highest BCUT2D eigenvalue weighted by Gasteiger charge is 2.34. The zero-order chi connectivity index (χ0) is 22.4. The second kappa shape index (κ2) is 10.4. The van der Waals surface area contributed by atoms with Crippen molar-refractivity contribution in [3.8, 4) is 0 Å². The van der Waals surface area contributed by atoms with Crippen LogP contribution in [0.2, 0.25) is 0 Å². The summed E-state index contributed by atoms with van der Waals surface area (Å²) in [6.07, 6.45) is -1.16. The standard InChI is InChI=1S/C20H27N3O7/c1-3-4-5-11(23-10(2)25)18(28)17-16(20(30)19(29)14(27)9-24)15-12(8-22-17)21-7-6-13(15)26/h6-8,11,14,19-20,24,27,29-30H,3-5,9H2,1-2H3,(H,21,26)(H,23,25)/t11-,14?,19?,20?/m0/s1. The molecular weight excluding hydrogens is 394 g/mol. The summed E-state index contributed by atoms with van der Waals surface area (Å²) < 4.78 is 0. The van der Waals surface area contributed by atoms with Gasteiger partial charge in [-0.3, -0.25) is 19.4 Å². The highest BCUT2D eigenvalue weighted by molar-refractivity contribution is 6.04. The molecule has 0 fully saturated rings. The van der Waals surface area contributed by atoms with Gasteiger partial charge in [0.05, 0.1) is 29.7 Å². The Hall–Kier alpha value is -2.66. The number of hydrogen-bond donors (Lipinski definition) is 6. The molecule has 0 aromatic carbocycles. The molecule has 0 aliphatic rings. The lowest BCUT2D eigenvalue weighted by Crippen LogP contribution is -2.41. The van der Waals surface area contributed by atoms with Crippen LogP contribution in [0.5, 0.6) is 0 Å². The molecule has 10 heteroatoms. The fourth-order valence-electron chi connectivity index (χ4n) is 3.25. The molecular formula is C20H27N3O7. The maximum Gasteiger partial charge on any atom is 0.217 e. The van der Waals surface area contributed by atoms with Crippen LogP contribution < -0.4 is 10.7 Å². The van der Waals surface area contributed by atoms with E-state index < -0.39 is 48.1 Å². The number of carbonyl (C=O) groups is 2. The van der Waals surface area contributed by atoms with Crippen LogP contribution in [0.3, 0.4) is 0 Å². The molecule has 1 amide bonds. The van der Waals surface area contributed by atoms with Gasteiger partial charge in [0.2, 0.25) is 11.7 Å². The molecule has 30 heavy (non-hydrogen) atoms. The van der Waals surface area contributed by atoms with Crippen LogP contribution in [0.4, 0.5) is 0 Å². The van der Waals surface area contributed by atoms with Crippen molar-refractivity contribution in [2.45, 2.75) is 57.5 Å². The lowest BCUT2D eigenvalue weighted by atomic mass is 9.91. The smallest absolute Gasteiger partial charge is 0.217 e. The van der Waals surface area contributed by atoms with Crippen molar-refractivity contribution in [2.75, 3.05) is 6.61 Å². The number of nitrogens with one attached hydrogen (secondary N) is 2. The van der Waals surface area contributed by atoms with E-state index in [-0.39, 0.29) is 22.2 Å². The molecule has 2 aromatic rings. The molecule has 0 saturated carbocycles. The Morgan fingerprint density at radius 2 is 1.97 bits per heavy atom. The fourth-order valence-corrected chi connectivity index (χ4v) is 3.25. The van der Waals surface area contributed by atoms with E-state index in [0.717, 1.165) is 6.42 Å². The van der Waals surface area contributed by atoms with Crippen LogP contribution in [-0.2, 0) is 4.79 Å². The Labute approximate surface area is 172 Å². The van der Waals surface area contributed by atoms with E-state index in [9.17, 15) is 29.7 Å². The molecule has 2 aromatic heterocycles. The minimum Gasteiger partial charge on any atom is -0.394 e. The Morgan fingerprint density at radius 1 is 1.27 bits per heavy atom. The summed E-state index contributed by atoms with van der Waals surface area (Å²) in [5, 5.41) is 42.3. The third-order valence-corrected chi connectivity index (χ3v) is 4.81. The summed E-state index contributed by atoms with van der Waals surface area (Å²) in [4.78, 5) is 44.2. The summed E-state index contributed by atoms with van der Waals surface area (Å²) in [5.74, 6) is -1.07. The Balaban J connectivity index is 2.69. The molecule has 0 bridgehead atoms. The molecule has 3 unspecified atom stereocenters. The number of aromatic amines is 1. The first-order chi connectivity index (χ1) is 14.2. The highest BCUT2D eigenvalue weighted by Crippen LogP contribution is 2.28. The van der Waals surface area contributed by atoms with Crippen molar-refractivity contribution >= 4 is 22.6 Å². The van der Waals surface area contributed by atoms with Crippen LogP contribution in [-0.4, -0.2) is 66.9 Å². The number of aliphatic hydroxyl groups is 4. The molecule has 0 saturated heterocycles. The molecule has 2 heterocycles. The third-order valence-electron chi connectivity index (χ3n) is 4.81. The fraction of sp³-hybridized carbons (Fsp3) is 0.500. The molecule has 4 atom stereocenters. The summed E-state index contributed by atoms with van der Waals surface area (Å²) in [6, 6.07) is 0.241. The number of amides is 1. The molecule has 10 nitrogen and oxygen atoms in total. The van der Waals surface area contributed by atoms with Crippen molar-refractivity contribution in [1.82, 2.24) is 15.3 Å². The van der Waals surface area contributed by atoms with E-state index in [4.69, 9.17) is 5.11 Å². The number of pyridine rings is 2. The van der Waals surface area contributed by atoms with Gasteiger partial charge >= 0.3 is 0 Å². The van der Waals surface area contributed by atoms with Gasteiger partial charge in [-0.15, -0.1) is 0 Å². The monoisotopic (exact) mass is 421 g/mol. The quantitative estimate of drug-likeness (QED) is 0.280. The van der Waals surface area contributed by atoms with Crippen molar-refractivity contribution in [3.63, 3.8) is 0 Å². The summed E-state index contributed by atoms with van der Waals surface area (Å²) in [5.41, 5.74) is -0.898. The van der Waals surface area contributed by atoms with Gasteiger partial charge in [0, 0.05) is 24.8 Å². The maximum atomic E-state index is 13.2. The lowest BCUT2D eigenvalue weighted by molar-refractivity contribution is -0.119. The predicted octanol–water partition coefficient (Wildman–Crippen LogP) is -0.452. The van der Waals surface area contributed by atoms with Crippen LogP contribution in [0.25, 0.3) is 10.9 Å². The van der Waals surface area contributed by atoms with Crippen molar-refractivity contribution < 1.29 is 30.0 Å². The number of fused-ring (bicyclic) bond motifs is 1. The van der Waals surface area contributed by atoms with E-state index in [2.05, 4.69) is 15.3 Å². The van der Waals surface area contributed by atoms with Crippen molar-refractivity contribution in [3.05, 3.63) is 39.9 Å². The first-order valence-electron chi connectivity index (χ1n) is 9.69. The van der Waals surface area contributed by atoms with Crippen molar-refractivity contribution in [2.24, 2.45) is 0 Å². The normalized spacial score (nSPS) is 15.4. The number of Topliss-reactive ketones (excluding diaryl/α,β-unsaturated/α-hetero) is 1. The Kier molecular flexibility index (Phi) is 8.18. The van der Waals surface area contributed by atoms with Gasteiger partial charge < -0.3 is 30.7 Å². The molecule has 0 spiro atoms. The topological polar surface area (TPSA) is 173 Å². The number of H-pyrrole nitrogens is 1. The van der Waals surface area contributed by atoms with E-state index >= 15 is 0 Å². The first kappa shape index (κ1) is 23.6. The van der Waals surface area contributed by atoms with Gasteiger partial charge in [0.1, 0.15) is 24.0 Å². The molecule has 0 aliphatic heterocycles. The van der Waals surface area contributed by atoms with E-state index in [1.165, 1.54) is 25.4 Å². The first-order valence-corrected chi connectivity index (χ1v) is 9.69. The van der Waals surface area contributed by atoms with Gasteiger partial charge in [-0.05, 0) is 6.42 Å². The van der Waals surface area contributed by atoms with Gasteiger partial charge in [-0.25, -0.2) is 0 Å². The minimum absolute atomic E-state index is 0.0791. The predicted molar refractivity (Wildman–Crippen MR) is 108 cm³/mol. The largest absolute Gasteiger partial charge is 0.394 e. The zero-order valence-electron chi connectivity index (χ0n) is 16.8. The van der Waals surface area contributed by atoms with Crippen LogP contribution in [0, 0.1) is 0 Å². The maximum absolute atomic E-state index is 13.2. The number of rotatable bonds is 10. The SMILES string of the molecule is CCCC[C@H](NC(C)=O)C(=O)c1ncc2[nH]ccc(=O)c2c1C(O)C(O)C(O)CO. The van der Waals surface area contributed by atoms with Gasteiger partial charge in [-0.1, -0.05) is 19.8 Å².